The summed E-state index contributed by atoms with van der Waals surface area (Å²) in [7, 11) is 0. The molecule has 1 unspecified atom stereocenters. The third kappa shape index (κ3) is 5.67. The highest BCUT2D eigenvalue weighted by Gasteiger charge is 2.30. The number of aliphatic carboxylic acids is 1. The van der Waals surface area contributed by atoms with Crippen molar-refractivity contribution in [2.45, 2.75) is 31.5 Å². The molecule has 0 fully saturated rings. The van der Waals surface area contributed by atoms with Gasteiger partial charge in [0.1, 0.15) is 12.6 Å². The van der Waals surface area contributed by atoms with Crippen molar-refractivity contribution in [3.05, 3.63) is 95.1 Å². The van der Waals surface area contributed by atoms with Crippen LogP contribution in [-0.2, 0) is 27.5 Å². The Kier molecular flexibility index (Phi) is 7.42. The van der Waals surface area contributed by atoms with E-state index in [1.54, 1.807) is 24.3 Å². The number of carbonyl (C=O) groups is 3. The second-order valence-electron chi connectivity index (χ2n) is 8.31. The zero-order valence-corrected chi connectivity index (χ0v) is 18.9. The first-order valence-corrected chi connectivity index (χ1v) is 11.3. The number of fused-ring (bicyclic) bond motifs is 3. The Hall–Kier alpha value is -4.17. The molecule has 0 aromatic heterocycles. The van der Waals surface area contributed by atoms with Crippen LogP contribution in [0.25, 0.3) is 11.1 Å². The molecule has 1 atom stereocenters. The van der Waals surface area contributed by atoms with Crippen LogP contribution < -0.4 is 10.6 Å². The molecule has 1 aliphatic rings. The van der Waals surface area contributed by atoms with Crippen molar-refractivity contribution in [1.29, 1.82) is 0 Å². The third-order valence-electron chi connectivity index (χ3n) is 6.00. The maximum atomic E-state index is 12.6. The molecular weight excluding hydrogens is 448 g/mol. The summed E-state index contributed by atoms with van der Waals surface area (Å²) < 4.78 is 5.44. The summed E-state index contributed by atoms with van der Waals surface area (Å²) in [6.07, 6.45) is -1.44. The molecule has 0 aliphatic heterocycles. The molecule has 4 N–H and O–H groups in total. The minimum absolute atomic E-state index is 0.0540. The lowest BCUT2D eigenvalue weighted by Crippen LogP contribution is -2.48. The summed E-state index contributed by atoms with van der Waals surface area (Å²) in [5.74, 6) is -2.01. The van der Waals surface area contributed by atoms with Crippen molar-refractivity contribution < 1.29 is 29.3 Å². The molecule has 4 rings (SSSR count). The fourth-order valence-corrected chi connectivity index (χ4v) is 4.24. The van der Waals surface area contributed by atoms with Gasteiger partial charge in [0.25, 0.3) is 0 Å². The molecule has 0 bridgehead atoms. The normalized spacial score (nSPS) is 12.8. The number of carbonyl (C=O) groups excluding carboxylic acids is 2. The van der Waals surface area contributed by atoms with Crippen LogP contribution in [-0.4, -0.2) is 40.8 Å². The first kappa shape index (κ1) is 24.0. The third-order valence-corrected chi connectivity index (χ3v) is 6.00. The van der Waals surface area contributed by atoms with Crippen LogP contribution in [0.5, 0.6) is 0 Å². The van der Waals surface area contributed by atoms with Gasteiger partial charge in [-0.1, -0.05) is 72.8 Å². The molecule has 180 valence electrons. The Labute approximate surface area is 202 Å². The minimum Gasteiger partial charge on any atom is -0.481 e. The van der Waals surface area contributed by atoms with E-state index >= 15 is 0 Å². The number of amides is 2. The van der Waals surface area contributed by atoms with Crippen LogP contribution in [0.2, 0.25) is 0 Å². The lowest BCUT2D eigenvalue weighted by Gasteiger charge is -2.19. The maximum Gasteiger partial charge on any atom is 0.407 e. The predicted octanol–water partition coefficient (Wildman–Crippen LogP) is 3.18. The molecule has 2 amide bonds. The van der Waals surface area contributed by atoms with E-state index in [9.17, 15) is 19.5 Å². The van der Waals surface area contributed by atoms with Crippen molar-refractivity contribution in [3.63, 3.8) is 0 Å². The number of aliphatic hydroxyl groups excluding tert-OH is 1. The average Bonchev–Trinajstić information content (AvgIpc) is 3.19. The number of hydrogen-bond donors (Lipinski definition) is 4. The van der Waals surface area contributed by atoms with Crippen molar-refractivity contribution >= 4 is 18.0 Å². The smallest absolute Gasteiger partial charge is 0.407 e. The van der Waals surface area contributed by atoms with Gasteiger partial charge in [-0.15, -0.1) is 0 Å². The van der Waals surface area contributed by atoms with E-state index in [2.05, 4.69) is 10.6 Å². The number of aliphatic hydroxyl groups is 1. The van der Waals surface area contributed by atoms with E-state index in [4.69, 9.17) is 9.84 Å². The van der Waals surface area contributed by atoms with Crippen molar-refractivity contribution in [2.24, 2.45) is 0 Å². The van der Waals surface area contributed by atoms with Gasteiger partial charge in [0.05, 0.1) is 13.0 Å². The van der Waals surface area contributed by atoms with Crippen molar-refractivity contribution in [2.75, 3.05) is 6.61 Å². The summed E-state index contributed by atoms with van der Waals surface area (Å²) in [5, 5.41) is 23.4. The monoisotopic (exact) mass is 474 g/mol. The van der Waals surface area contributed by atoms with Gasteiger partial charge in [-0.2, -0.15) is 0 Å². The molecule has 0 saturated carbocycles. The summed E-state index contributed by atoms with van der Waals surface area (Å²) in [4.78, 5) is 36.4. The Morgan fingerprint density at radius 2 is 1.43 bits per heavy atom. The van der Waals surface area contributed by atoms with Crippen molar-refractivity contribution in [3.8, 4) is 11.1 Å². The highest BCUT2D eigenvalue weighted by molar-refractivity contribution is 5.89. The van der Waals surface area contributed by atoms with Gasteiger partial charge >= 0.3 is 12.1 Å². The minimum atomic E-state index is -1.29. The average molecular weight is 475 g/mol. The van der Waals surface area contributed by atoms with Crippen LogP contribution in [0, 0.1) is 0 Å². The lowest BCUT2D eigenvalue weighted by atomic mass is 9.98. The van der Waals surface area contributed by atoms with Crippen molar-refractivity contribution in [1.82, 2.24) is 10.6 Å². The Morgan fingerprint density at radius 3 is 2.00 bits per heavy atom. The van der Waals surface area contributed by atoms with Crippen LogP contribution >= 0.6 is 0 Å². The quantitative estimate of drug-likeness (QED) is 0.378. The summed E-state index contributed by atoms with van der Waals surface area (Å²) in [6.45, 7) is 0.114. The predicted molar refractivity (Wildman–Crippen MR) is 128 cm³/mol. The zero-order chi connectivity index (χ0) is 24.8. The molecule has 8 nitrogen and oxygen atoms in total. The Balaban J connectivity index is 1.37. The van der Waals surface area contributed by atoms with Gasteiger partial charge in [0.15, 0.2) is 0 Å². The first-order chi connectivity index (χ1) is 17.0. The number of rotatable bonds is 9. The van der Waals surface area contributed by atoms with E-state index in [1.165, 1.54) is 0 Å². The van der Waals surface area contributed by atoms with E-state index in [0.717, 1.165) is 33.4 Å². The Bertz CT molecular complexity index is 1180. The van der Waals surface area contributed by atoms with Crippen LogP contribution in [0.3, 0.4) is 0 Å². The highest BCUT2D eigenvalue weighted by Crippen LogP contribution is 2.44. The summed E-state index contributed by atoms with van der Waals surface area (Å²) in [5.41, 5.74) is 5.79. The number of nitrogens with one attached hydrogen (secondary N) is 2. The van der Waals surface area contributed by atoms with Gasteiger partial charge in [-0.05, 0) is 33.4 Å². The largest absolute Gasteiger partial charge is 0.481 e. The molecule has 1 aliphatic carbocycles. The SMILES string of the molecule is O=C(O)CC(NC(=O)OCC1c2ccccc2-c2ccccc21)C(=O)NCc1ccc(CO)cc1. The van der Waals surface area contributed by atoms with Crippen LogP contribution in [0.4, 0.5) is 4.79 Å². The highest BCUT2D eigenvalue weighted by atomic mass is 16.5. The topological polar surface area (TPSA) is 125 Å². The number of benzene rings is 3. The van der Waals surface area contributed by atoms with E-state index in [0.29, 0.717) is 0 Å². The van der Waals surface area contributed by atoms with Gasteiger partial charge in [0, 0.05) is 12.5 Å². The van der Waals surface area contributed by atoms with Gasteiger partial charge in [-0.25, -0.2) is 4.79 Å². The molecule has 0 spiro atoms. The first-order valence-electron chi connectivity index (χ1n) is 11.3. The fourth-order valence-electron chi connectivity index (χ4n) is 4.24. The second kappa shape index (κ2) is 10.8. The number of hydrogen-bond acceptors (Lipinski definition) is 5. The molecule has 35 heavy (non-hydrogen) atoms. The summed E-state index contributed by atoms with van der Waals surface area (Å²) >= 11 is 0. The zero-order valence-electron chi connectivity index (χ0n) is 18.9. The maximum absolute atomic E-state index is 12.6. The molecular formula is C27H26N2O6. The molecule has 8 heteroatoms. The fraction of sp³-hybridized carbons (Fsp3) is 0.222. The molecule has 3 aromatic carbocycles. The molecule has 0 radical (unpaired) electrons. The van der Waals surface area contributed by atoms with Gasteiger partial charge in [-0.3, -0.25) is 9.59 Å². The lowest BCUT2D eigenvalue weighted by molar-refractivity contribution is -0.139. The summed E-state index contributed by atoms with van der Waals surface area (Å²) in [6, 6.07) is 21.5. The molecule has 0 saturated heterocycles. The molecule has 3 aromatic rings. The Morgan fingerprint density at radius 1 is 0.857 bits per heavy atom. The number of carboxylic acid groups (broad SMARTS) is 1. The van der Waals surface area contributed by atoms with E-state index in [1.807, 2.05) is 48.5 Å². The van der Waals surface area contributed by atoms with Crippen LogP contribution in [0.15, 0.2) is 72.8 Å². The number of ether oxygens (including phenoxy) is 1. The number of alkyl carbamates (subject to hydrolysis) is 1. The van der Waals surface area contributed by atoms with E-state index < -0.39 is 30.4 Å². The van der Waals surface area contributed by atoms with Gasteiger partial charge < -0.3 is 25.6 Å². The molecule has 0 heterocycles. The van der Waals surface area contributed by atoms with Crippen LogP contribution in [0.1, 0.15) is 34.6 Å². The standard InChI is InChI=1S/C27H26N2O6/c30-15-18-11-9-17(10-12-18)14-28-26(33)24(13-25(31)32)29-27(34)35-16-23-21-7-3-1-5-19(21)20-6-2-4-8-22(20)23/h1-12,23-24,30H,13-16H2,(H,28,33)(H,29,34)(H,31,32). The second-order valence-corrected chi connectivity index (χ2v) is 8.31. The van der Waals surface area contributed by atoms with E-state index in [-0.39, 0.29) is 25.7 Å². The number of carboxylic acids is 1. The van der Waals surface area contributed by atoms with Gasteiger partial charge in [0.2, 0.25) is 5.91 Å².